The molecule has 0 amide bonds. The van der Waals surface area contributed by atoms with Crippen molar-refractivity contribution in [2.24, 2.45) is 0 Å². The molecule has 0 spiro atoms. The van der Waals surface area contributed by atoms with Crippen molar-refractivity contribution >= 4 is 32.3 Å². The van der Waals surface area contributed by atoms with Gasteiger partial charge >= 0.3 is 0 Å². The Morgan fingerprint density at radius 3 is 2.70 bits per heavy atom. The standard InChI is InChI=1S/C14H13NO3S2/c1-10(15-20(16,17)14-7-4-8-19-14)13-9-11-5-2-3-6-12(11)18-13/h2-10,15H,1H3/t10-/m0/s1. The van der Waals surface area contributed by atoms with Crippen LogP contribution >= 0.6 is 11.3 Å². The predicted octanol–water partition coefficient (Wildman–Crippen LogP) is 3.53. The van der Waals surface area contributed by atoms with Crippen molar-refractivity contribution in [2.45, 2.75) is 17.2 Å². The molecule has 2 aromatic heterocycles. The van der Waals surface area contributed by atoms with Crippen LogP contribution in [0.3, 0.4) is 0 Å². The lowest BCUT2D eigenvalue weighted by atomic mass is 10.2. The van der Waals surface area contributed by atoms with Gasteiger partial charge in [-0.1, -0.05) is 24.3 Å². The topological polar surface area (TPSA) is 59.3 Å². The summed E-state index contributed by atoms with van der Waals surface area (Å²) in [6, 6.07) is 12.3. The first kappa shape index (κ1) is 13.4. The van der Waals surface area contributed by atoms with Crippen molar-refractivity contribution in [1.29, 1.82) is 0 Å². The highest BCUT2D eigenvalue weighted by molar-refractivity contribution is 7.91. The first-order valence-corrected chi connectivity index (χ1v) is 8.47. The Labute approximate surface area is 121 Å². The normalized spacial score (nSPS) is 13.7. The number of hydrogen-bond acceptors (Lipinski definition) is 4. The average molecular weight is 307 g/mol. The molecule has 1 aromatic carbocycles. The highest BCUT2D eigenvalue weighted by atomic mass is 32.2. The maximum atomic E-state index is 12.1. The zero-order chi connectivity index (χ0) is 14.2. The summed E-state index contributed by atoms with van der Waals surface area (Å²) in [6.45, 7) is 1.77. The molecule has 0 bridgehead atoms. The highest BCUT2D eigenvalue weighted by Crippen LogP contribution is 2.25. The Kier molecular flexibility index (Phi) is 3.37. The van der Waals surface area contributed by atoms with Gasteiger partial charge in [-0.2, -0.15) is 0 Å². The molecule has 0 radical (unpaired) electrons. The summed E-state index contributed by atoms with van der Waals surface area (Å²) in [7, 11) is -3.49. The van der Waals surface area contributed by atoms with E-state index in [2.05, 4.69) is 4.72 Å². The van der Waals surface area contributed by atoms with Gasteiger partial charge in [0, 0.05) is 5.39 Å². The van der Waals surface area contributed by atoms with Gasteiger partial charge in [-0.05, 0) is 30.5 Å². The van der Waals surface area contributed by atoms with Gasteiger partial charge in [0.1, 0.15) is 15.6 Å². The zero-order valence-corrected chi connectivity index (χ0v) is 12.4. The van der Waals surface area contributed by atoms with E-state index in [0.29, 0.717) is 9.97 Å². The maximum absolute atomic E-state index is 12.1. The second-order valence-electron chi connectivity index (χ2n) is 4.46. The third kappa shape index (κ3) is 2.49. The summed E-state index contributed by atoms with van der Waals surface area (Å²) in [6.07, 6.45) is 0. The fraction of sp³-hybridized carbons (Fsp3) is 0.143. The van der Waals surface area contributed by atoms with Crippen molar-refractivity contribution in [3.63, 3.8) is 0 Å². The number of rotatable bonds is 4. The molecule has 6 heteroatoms. The van der Waals surface area contributed by atoms with Gasteiger partial charge in [-0.15, -0.1) is 11.3 Å². The third-order valence-electron chi connectivity index (χ3n) is 2.96. The Morgan fingerprint density at radius 2 is 2.00 bits per heavy atom. The van der Waals surface area contributed by atoms with E-state index in [1.165, 1.54) is 11.3 Å². The average Bonchev–Trinajstić information content (AvgIpc) is 3.07. The molecule has 4 nitrogen and oxygen atoms in total. The number of para-hydroxylation sites is 1. The first-order chi connectivity index (χ1) is 9.56. The third-order valence-corrected chi connectivity index (χ3v) is 5.90. The van der Waals surface area contributed by atoms with Gasteiger partial charge in [0.05, 0.1) is 6.04 Å². The summed E-state index contributed by atoms with van der Waals surface area (Å²) in [5, 5.41) is 2.70. The Hall–Kier alpha value is -1.63. The Morgan fingerprint density at radius 1 is 1.20 bits per heavy atom. The van der Waals surface area contributed by atoms with E-state index in [1.54, 1.807) is 24.4 Å². The Bertz CT molecular complexity index is 786. The number of hydrogen-bond donors (Lipinski definition) is 1. The molecule has 0 aliphatic carbocycles. The van der Waals surface area contributed by atoms with Crippen LogP contribution in [0.1, 0.15) is 18.7 Å². The number of thiophene rings is 1. The van der Waals surface area contributed by atoms with Crippen molar-refractivity contribution in [3.05, 3.63) is 53.6 Å². The van der Waals surface area contributed by atoms with Gasteiger partial charge in [0.2, 0.25) is 0 Å². The van der Waals surface area contributed by atoms with Crippen LogP contribution in [0.15, 0.2) is 56.5 Å². The first-order valence-electron chi connectivity index (χ1n) is 6.10. The Balaban J connectivity index is 1.88. The van der Waals surface area contributed by atoms with E-state index in [0.717, 1.165) is 11.0 Å². The van der Waals surface area contributed by atoms with Crippen LogP contribution in [0.25, 0.3) is 11.0 Å². The van der Waals surface area contributed by atoms with E-state index >= 15 is 0 Å². The number of fused-ring (bicyclic) bond motifs is 1. The second-order valence-corrected chi connectivity index (χ2v) is 7.35. The summed E-state index contributed by atoms with van der Waals surface area (Å²) < 4.78 is 32.9. The van der Waals surface area contributed by atoms with Crippen LogP contribution in [-0.4, -0.2) is 8.42 Å². The van der Waals surface area contributed by atoms with E-state index in [9.17, 15) is 8.42 Å². The maximum Gasteiger partial charge on any atom is 0.250 e. The number of benzene rings is 1. The quantitative estimate of drug-likeness (QED) is 0.802. The molecule has 0 saturated heterocycles. The summed E-state index contributed by atoms with van der Waals surface area (Å²) in [5.41, 5.74) is 0.754. The summed E-state index contributed by atoms with van der Waals surface area (Å²) in [5.74, 6) is 0.603. The molecule has 1 atom stereocenters. The SMILES string of the molecule is C[C@H](NS(=O)(=O)c1cccs1)c1cc2ccccc2o1. The van der Waals surface area contributed by atoms with Gasteiger partial charge in [-0.3, -0.25) is 0 Å². The van der Waals surface area contributed by atoms with E-state index in [1.807, 2.05) is 30.3 Å². The van der Waals surface area contributed by atoms with Crippen molar-refractivity contribution < 1.29 is 12.8 Å². The van der Waals surface area contributed by atoms with Crippen molar-refractivity contribution in [3.8, 4) is 0 Å². The molecule has 0 aliphatic heterocycles. The largest absolute Gasteiger partial charge is 0.459 e. The van der Waals surface area contributed by atoms with Crippen molar-refractivity contribution in [1.82, 2.24) is 4.72 Å². The molecule has 2 heterocycles. The second kappa shape index (κ2) is 5.05. The van der Waals surface area contributed by atoms with Crippen LogP contribution in [0.2, 0.25) is 0 Å². The monoisotopic (exact) mass is 307 g/mol. The van der Waals surface area contributed by atoms with Crippen LogP contribution in [-0.2, 0) is 10.0 Å². The molecule has 0 aliphatic rings. The molecular formula is C14H13NO3S2. The number of furan rings is 1. The van der Waals surface area contributed by atoms with Gasteiger partial charge in [0.25, 0.3) is 10.0 Å². The van der Waals surface area contributed by atoms with Gasteiger partial charge in [-0.25, -0.2) is 13.1 Å². The van der Waals surface area contributed by atoms with E-state index < -0.39 is 16.1 Å². The highest BCUT2D eigenvalue weighted by Gasteiger charge is 2.21. The molecule has 3 aromatic rings. The van der Waals surface area contributed by atoms with Crippen LogP contribution in [0, 0.1) is 0 Å². The van der Waals surface area contributed by atoms with Crippen LogP contribution in [0.5, 0.6) is 0 Å². The number of nitrogens with one attached hydrogen (secondary N) is 1. The van der Waals surface area contributed by atoms with Crippen LogP contribution in [0.4, 0.5) is 0 Å². The van der Waals surface area contributed by atoms with Gasteiger partial charge in [0.15, 0.2) is 0 Å². The lowest BCUT2D eigenvalue weighted by molar-refractivity contribution is 0.485. The molecule has 20 heavy (non-hydrogen) atoms. The lowest BCUT2D eigenvalue weighted by Crippen LogP contribution is -2.25. The molecule has 3 rings (SSSR count). The fourth-order valence-corrected chi connectivity index (χ4v) is 4.20. The lowest BCUT2D eigenvalue weighted by Gasteiger charge is -2.10. The minimum absolute atomic E-state index is 0.306. The van der Waals surface area contributed by atoms with Crippen molar-refractivity contribution in [2.75, 3.05) is 0 Å². The molecule has 104 valence electrons. The molecular weight excluding hydrogens is 294 g/mol. The smallest absolute Gasteiger partial charge is 0.250 e. The van der Waals surface area contributed by atoms with E-state index in [4.69, 9.17) is 4.42 Å². The molecule has 0 fully saturated rings. The zero-order valence-electron chi connectivity index (χ0n) is 10.7. The van der Waals surface area contributed by atoms with E-state index in [-0.39, 0.29) is 0 Å². The minimum atomic E-state index is -3.49. The van der Waals surface area contributed by atoms with Crippen LogP contribution < -0.4 is 4.72 Å². The minimum Gasteiger partial charge on any atom is -0.459 e. The summed E-state index contributed by atoms with van der Waals surface area (Å²) >= 11 is 1.19. The molecule has 0 saturated carbocycles. The summed E-state index contributed by atoms with van der Waals surface area (Å²) in [4.78, 5) is 0. The van der Waals surface area contributed by atoms with Gasteiger partial charge < -0.3 is 4.42 Å². The predicted molar refractivity (Wildman–Crippen MR) is 79.3 cm³/mol. The number of sulfonamides is 1. The fourth-order valence-electron chi connectivity index (χ4n) is 1.98. The molecule has 0 unspecified atom stereocenters. The molecule has 1 N–H and O–H groups in total.